The van der Waals surface area contributed by atoms with Gasteiger partial charge in [-0.1, -0.05) is 23.7 Å². The van der Waals surface area contributed by atoms with Gasteiger partial charge in [0.25, 0.3) is 5.91 Å². The number of carbonyl (C=O) groups is 2. The number of carbonyl (C=O) groups excluding carboxylic acids is 2. The van der Waals surface area contributed by atoms with Crippen LogP contribution in [0.15, 0.2) is 96.1 Å². The number of nitrogens with zero attached hydrogens (tertiary/aromatic N) is 1. The van der Waals surface area contributed by atoms with Gasteiger partial charge in [0.2, 0.25) is 0 Å². The number of methoxy groups -OCH3 is 2. The van der Waals surface area contributed by atoms with Gasteiger partial charge in [-0.2, -0.15) is 5.10 Å². The average Bonchev–Trinajstić information content (AvgIpc) is 2.97. The van der Waals surface area contributed by atoms with E-state index in [1.807, 2.05) is 12.1 Å². The van der Waals surface area contributed by atoms with Crippen molar-refractivity contribution in [2.45, 2.75) is 6.61 Å². The number of hydrogen-bond donors (Lipinski definition) is 1. The highest BCUT2D eigenvalue weighted by atomic mass is 35.5. The quantitative estimate of drug-likeness (QED) is 0.115. The molecule has 0 heterocycles. The monoisotopic (exact) mass is 544 g/mol. The maximum Gasteiger partial charge on any atom is 0.343 e. The molecule has 0 aliphatic carbocycles. The molecule has 0 aliphatic heterocycles. The molecule has 9 heteroatoms. The molecule has 0 saturated heterocycles. The van der Waals surface area contributed by atoms with Crippen molar-refractivity contribution in [2.75, 3.05) is 14.2 Å². The van der Waals surface area contributed by atoms with Crippen molar-refractivity contribution in [1.29, 1.82) is 0 Å². The summed E-state index contributed by atoms with van der Waals surface area (Å²) in [5, 5.41) is 4.68. The molecule has 0 unspecified atom stereocenters. The first-order chi connectivity index (χ1) is 18.9. The van der Waals surface area contributed by atoms with E-state index < -0.39 is 5.97 Å². The summed E-state index contributed by atoms with van der Waals surface area (Å²) in [4.78, 5) is 24.9. The van der Waals surface area contributed by atoms with Crippen molar-refractivity contribution in [3.05, 3.63) is 118 Å². The van der Waals surface area contributed by atoms with Gasteiger partial charge in [-0.25, -0.2) is 10.2 Å². The van der Waals surface area contributed by atoms with E-state index in [1.54, 1.807) is 86.0 Å². The van der Waals surface area contributed by atoms with Crippen LogP contribution in [0, 0.1) is 0 Å². The fourth-order valence-electron chi connectivity index (χ4n) is 3.41. The van der Waals surface area contributed by atoms with Gasteiger partial charge in [-0.15, -0.1) is 0 Å². The third-order valence-corrected chi connectivity index (χ3v) is 5.78. The maximum atomic E-state index is 12.5. The van der Waals surface area contributed by atoms with Gasteiger partial charge < -0.3 is 18.9 Å². The Morgan fingerprint density at radius 1 is 0.795 bits per heavy atom. The minimum atomic E-state index is -0.536. The lowest BCUT2D eigenvalue weighted by Crippen LogP contribution is -2.17. The van der Waals surface area contributed by atoms with E-state index in [9.17, 15) is 9.59 Å². The molecule has 0 saturated carbocycles. The molecule has 1 amide bonds. The van der Waals surface area contributed by atoms with Crippen LogP contribution < -0.4 is 24.4 Å². The van der Waals surface area contributed by atoms with Crippen molar-refractivity contribution in [3.63, 3.8) is 0 Å². The first-order valence-electron chi connectivity index (χ1n) is 11.8. The molecule has 4 aromatic rings. The summed E-state index contributed by atoms with van der Waals surface area (Å²) in [6, 6.07) is 25.6. The van der Waals surface area contributed by atoms with Crippen LogP contribution in [0.25, 0.3) is 0 Å². The van der Waals surface area contributed by atoms with E-state index in [0.29, 0.717) is 45.6 Å². The summed E-state index contributed by atoms with van der Waals surface area (Å²) in [6.45, 7) is 0.385. The molecular weight excluding hydrogens is 520 g/mol. The molecule has 4 aromatic carbocycles. The zero-order valence-corrected chi connectivity index (χ0v) is 22.0. The van der Waals surface area contributed by atoms with Crippen LogP contribution in [-0.2, 0) is 6.61 Å². The SMILES string of the molecule is COc1ccc(C(=O)Oc2ccc(/C=N/NC(=O)c3ccc(OCc4ccc(Cl)cc4)cc3)cc2OC)cc1. The lowest BCUT2D eigenvalue weighted by molar-refractivity contribution is 0.0729. The molecule has 0 aliphatic rings. The van der Waals surface area contributed by atoms with Gasteiger partial charge in [0.05, 0.1) is 26.0 Å². The van der Waals surface area contributed by atoms with Gasteiger partial charge in [-0.3, -0.25) is 4.79 Å². The molecule has 0 radical (unpaired) electrons. The Morgan fingerprint density at radius 2 is 1.46 bits per heavy atom. The van der Waals surface area contributed by atoms with E-state index in [-0.39, 0.29) is 11.7 Å². The summed E-state index contributed by atoms with van der Waals surface area (Å²) in [5.41, 5.74) is 4.88. The second kappa shape index (κ2) is 13.1. The van der Waals surface area contributed by atoms with Crippen LogP contribution >= 0.6 is 11.6 Å². The third kappa shape index (κ3) is 7.59. The molecule has 39 heavy (non-hydrogen) atoms. The average molecular weight is 545 g/mol. The van der Waals surface area contributed by atoms with Gasteiger partial charge in [0.1, 0.15) is 18.1 Å². The summed E-state index contributed by atoms with van der Waals surface area (Å²) < 4.78 is 21.7. The molecule has 0 bridgehead atoms. The molecule has 1 N–H and O–H groups in total. The Morgan fingerprint density at radius 3 is 2.13 bits per heavy atom. The number of ether oxygens (including phenoxy) is 4. The van der Waals surface area contributed by atoms with E-state index in [2.05, 4.69) is 10.5 Å². The number of benzene rings is 4. The Hall–Kier alpha value is -4.82. The largest absolute Gasteiger partial charge is 0.497 e. The molecule has 0 aromatic heterocycles. The molecule has 0 atom stereocenters. The number of amides is 1. The topological polar surface area (TPSA) is 95.5 Å². The standard InChI is InChI=1S/C30H25ClN2O6/c1-36-25-12-8-23(9-13-25)30(35)39-27-16-5-21(17-28(27)37-2)18-32-33-29(34)22-6-14-26(15-7-22)38-19-20-3-10-24(31)11-4-20/h3-18H,19H2,1-2H3,(H,33,34)/b32-18+. The highest BCUT2D eigenvalue weighted by molar-refractivity contribution is 6.30. The second-order valence-electron chi connectivity index (χ2n) is 8.17. The minimum absolute atomic E-state index is 0.248. The molecule has 198 valence electrons. The molecular formula is C30H25ClN2O6. The minimum Gasteiger partial charge on any atom is -0.497 e. The Kier molecular flexibility index (Phi) is 9.16. The fraction of sp³-hybridized carbons (Fsp3) is 0.100. The lowest BCUT2D eigenvalue weighted by Gasteiger charge is -2.10. The highest BCUT2D eigenvalue weighted by Gasteiger charge is 2.13. The summed E-state index contributed by atoms with van der Waals surface area (Å²) in [7, 11) is 3.01. The molecule has 0 spiro atoms. The van der Waals surface area contributed by atoms with Crippen molar-refractivity contribution in [2.24, 2.45) is 5.10 Å². The van der Waals surface area contributed by atoms with Gasteiger partial charge in [-0.05, 0) is 90.0 Å². The van der Waals surface area contributed by atoms with E-state index in [4.69, 9.17) is 30.5 Å². The predicted octanol–water partition coefficient (Wildman–Crippen LogP) is 5.92. The highest BCUT2D eigenvalue weighted by Crippen LogP contribution is 2.28. The Bertz CT molecular complexity index is 1450. The van der Waals surface area contributed by atoms with Gasteiger partial charge in [0.15, 0.2) is 11.5 Å². The van der Waals surface area contributed by atoms with Crippen molar-refractivity contribution in [1.82, 2.24) is 5.43 Å². The van der Waals surface area contributed by atoms with Crippen LogP contribution in [0.1, 0.15) is 31.8 Å². The number of rotatable bonds is 10. The van der Waals surface area contributed by atoms with E-state index in [1.165, 1.54) is 13.3 Å². The van der Waals surface area contributed by atoms with Crippen molar-refractivity contribution < 1.29 is 28.5 Å². The smallest absolute Gasteiger partial charge is 0.343 e. The number of hydrazone groups is 1. The Balaban J connectivity index is 1.31. The predicted molar refractivity (Wildman–Crippen MR) is 148 cm³/mol. The van der Waals surface area contributed by atoms with Crippen molar-refractivity contribution >= 4 is 29.7 Å². The first-order valence-corrected chi connectivity index (χ1v) is 12.2. The Labute approximate surface area is 230 Å². The van der Waals surface area contributed by atoms with E-state index in [0.717, 1.165) is 5.56 Å². The van der Waals surface area contributed by atoms with Crippen LogP contribution in [0.4, 0.5) is 0 Å². The zero-order valence-electron chi connectivity index (χ0n) is 21.2. The number of nitrogens with one attached hydrogen (secondary N) is 1. The van der Waals surface area contributed by atoms with Gasteiger partial charge >= 0.3 is 5.97 Å². The van der Waals surface area contributed by atoms with Crippen LogP contribution in [0.5, 0.6) is 23.0 Å². The first kappa shape index (κ1) is 27.2. The van der Waals surface area contributed by atoms with E-state index >= 15 is 0 Å². The third-order valence-electron chi connectivity index (χ3n) is 5.53. The maximum absolute atomic E-state index is 12.5. The summed E-state index contributed by atoms with van der Waals surface area (Å²) >= 11 is 5.90. The van der Waals surface area contributed by atoms with Crippen LogP contribution in [0.3, 0.4) is 0 Å². The number of hydrogen-bond acceptors (Lipinski definition) is 7. The van der Waals surface area contributed by atoms with Gasteiger partial charge in [0, 0.05) is 10.6 Å². The molecule has 8 nitrogen and oxygen atoms in total. The number of halogens is 1. The summed E-state index contributed by atoms with van der Waals surface area (Å²) in [5.74, 6) is 0.929. The molecule has 0 fully saturated rings. The molecule has 4 rings (SSSR count). The fourth-order valence-corrected chi connectivity index (χ4v) is 3.54. The zero-order chi connectivity index (χ0) is 27.6. The second-order valence-corrected chi connectivity index (χ2v) is 8.60. The van der Waals surface area contributed by atoms with Crippen molar-refractivity contribution in [3.8, 4) is 23.0 Å². The van der Waals surface area contributed by atoms with Crippen LogP contribution in [0.2, 0.25) is 5.02 Å². The number of esters is 1. The lowest BCUT2D eigenvalue weighted by atomic mass is 10.2. The normalized spacial score (nSPS) is 10.6. The van der Waals surface area contributed by atoms with Crippen LogP contribution in [-0.4, -0.2) is 32.3 Å². The summed E-state index contributed by atoms with van der Waals surface area (Å²) in [6.07, 6.45) is 1.46.